The minimum absolute atomic E-state index is 0. The maximum atomic E-state index is 6.25. The lowest BCUT2D eigenvalue weighted by atomic mass is 10.1. The van der Waals surface area contributed by atoms with Gasteiger partial charge in [0.05, 0.1) is 17.7 Å². The SMILES string of the molecule is Cl.NCC1CN(Cc2cc(Cl)c3c(c2)OCCO3)CCO1. The van der Waals surface area contributed by atoms with Crippen LogP contribution in [0.25, 0.3) is 0 Å². The topological polar surface area (TPSA) is 57.0 Å². The minimum Gasteiger partial charge on any atom is -0.486 e. The first-order valence-corrected chi connectivity index (χ1v) is 7.26. The van der Waals surface area contributed by atoms with Crippen LogP contribution < -0.4 is 15.2 Å². The molecule has 7 heteroatoms. The quantitative estimate of drug-likeness (QED) is 0.911. The largest absolute Gasteiger partial charge is 0.486 e. The summed E-state index contributed by atoms with van der Waals surface area (Å²) in [5, 5.41) is 0.612. The molecule has 0 amide bonds. The monoisotopic (exact) mass is 334 g/mol. The Labute approximate surface area is 135 Å². The van der Waals surface area contributed by atoms with E-state index in [2.05, 4.69) is 4.90 Å². The summed E-state index contributed by atoms with van der Waals surface area (Å²) in [4.78, 5) is 2.32. The van der Waals surface area contributed by atoms with Crippen LogP contribution in [-0.4, -0.2) is 50.5 Å². The maximum absolute atomic E-state index is 6.25. The van der Waals surface area contributed by atoms with E-state index in [9.17, 15) is 0 Å². The molecular formula is C14H20Cl2N2O3. The number of rotatable bonds is 3. The van der Waals surface area contributed by atoms with Crippen LogP contribution in [-0.2, 0) is 11.3 Å². The fourth-order valence-electron chi connectivity index (χ4n) is 2.58. The Balaban J connectivity index is 0.00000161. The molecule has 1 aromatic rings. The Morgan fingerprint density at radius 3 is 2.86 bits per heavy atom. The molecule has 5 nitrogen and oxygen atoms in total. The zero-order chi connectivity index (χ0) is 13.9. The highest BCUT2D eigenvalue weighted by molar-refractivity contribution is 6.32. The highest BCUT2D eigenvalue weighted by Gasteiger charge is 2.21. The van der Waals surface area contributed by atoms with Crippen molar-refractivity contribution in [3.8, 4) is 11.5 Å². The second-order valence-corrected chi connectivity index (χ2v) is 5.47. The Hall–Kier alpha value is -0.720. The number of nitrogens with zero attached hydrogens (tertiary/aromatic N) is 1. The van der Waals surface area contributed by atoms with Crippen molar-refractivity contribution >= 4 is 24.0 Å². The van der Waals surface area contributed by atoms with E-state index in [0.717, 1.165) is 37.6 Å². The summed E-state index contributed by atoms with van der Waals surface area (Å²) in [6.07, 6.45) is 0.122. The van der Waals surface area contributed by atoms with Crippen LogP contribution in [0.4, 0.5) is 0 Å². The van der Waals surface area contributed by atoms with Crippen molar-refractivity contribution < 1.29 is 14.2 Å². The summed E-state index contributed by atoms with van der Waals surface area (Å²) in [6.45, 7) is 4.97. The average Bonchev–Trinajstić information content (AvgIpc) is 2.47. The van der Waals surface area contributed by atoms with E-state index < -0.39 is 0 Å². The number of benzene rings is 1. The second-order valence-electron chi connectivity index (χ2n) is 5.07. The van der Waals surface area contributed by atoms with Gasteiger partial charge in [-0.05, 0) is 17.7 Å². The Morgan fingerprint density at radius 2 is 2.05 bits per heavy atom. The second kappa shape index (κ2) is 7.51. The molecule has 2 aliphatic rings. The predicted octanol–water partition coefficient (Wildman–Crippen LogP) is 1.69. The molecule has 1 unspecified atom stereocenters. The van der Waals surface area contributed by atoms with E-state index in [1.165, 1.54) is 0 Å². The van der Waals surface area contributed by atoms with E-state index >= 15 is 0 Å². The lowest BCUT2D eigenvalue weighted by molar-refractivity contribution is -0.0260. The molecule has 2 heterocycles. The van der Waals surface area contributed by atoms with E-state index in [4.69, 9.17) is 31.5 Å². The summed E-state index contributed by atoms with van der Waals surface area (Å²) in [5.74, 6) is 1.39. The summed E-state index contributed by atoms with van der Waals surface area (Å²) in [5.41, 5.74) is 6.79. The summed E-state index contributed by atoms with van der Waals surface area (Å²) < 4.78 is 16.7. The summed E-state index contributed by atoms with van der Waals surface area (Å²) >= 11 is 6.25. The van der Waals surface area contributed by atoms with Crippen molar-refractivity contribution in [2.24, 2.45) is 5.73 Å². The van der Waals surface area contributed by atoms with Crippen LogP contribution >= 0.6 is 24.0 Å². The Morgan fingerprint density at radius 1 is 1.24 bits per heavy atom. The van der Waals surface area contributed by atoms with Gasteiger partial charge in [0.25, 0.3) is 0 Å². The van der Waals surface area contributed by atoms with Gasteiger partial charge in [0.1, 0.15) is 13.2 Å². The fourth-order valence-corrected chi connectivity index (χ4v) is 2.87. The van der Waals surface area contributed by atoms with Gasteiger partial charge >= 0.3 is 0 Å². The predicted molar refractivity (Wildman–Crippen MR) is 83.8 cm³/mol. The molecule has 1 aromatic carbocycles. The summed E-state index contributed by atoms with van der Waals surface area (Å²) in [6, 6.07) is 3.95. The van der Waals surface area contributed by atoms with Crippen LogP contribution in [0.3, 0.4) is 0 Å². The molecule has 1 atom stereocenters. The normalized spacial score (nSPS) is 21.7. The van der Waals surface area contributed by atoms with Crippen LogP contribution in [0, 0.1) is 0 Å². The Kier molecular flexibility index (Phi) is 5.96. The van der Waals surface area contributed by atoms with E-state index in [-0.39, 0.29) is 18.5 Å². The van der Waals surface area contributed by atoms with Crippen molar-refractivity contribution in [1.29, 1.82) is 0 Å². The highest BCUT2D eigenvalue weighted by Crippen LogP contribution is 2.38. The third kappa shape index (κ3) is 3.93. The number of fused-ring (bicyclic) bond motifs is 1. The standard InChI is InChI=1S/C14H19ClN2O3.ClH/c15-12-5-10(6-13-14(12)20-4-3-19-13)8-17-1-2-18-11(7-16)9-17;/h5-6,11H,1-4,7-9,16H2;1H. The molecule has 0 spiro atoms. The van der Waals surface area contributed by atoms with Gasteiger partial charge in [-0.1, -0.05) is 11.6 Å². The lowest BCUT2D eigenvalue weighted by Crippen LogP contribution is -2.45. The average molecular weight is 335 g/mol. The molecule has 1 fully saturated rings. The number of hydrogen-bond acceptors (Lipinski definition) is 5. The molecule has 0 saturated carbocycles. The first-order valence-electron chi connectivity index (χ1n) is 6.88. The first kappa shape index (κ1) is 16.6. The Bertz CT molecular complexity index is 488. The molecule has 0 aromatic heterocycles. The van der Waals surface area contributed by atoms with Crippen molar-refractivity contribution in [2.45, 2.75) is 12.6 Å². The molecule has 2 aliphatic heterocycles. The molecule has 3 rings (SSSR count). The molecule has 0 bridgehead atoms. The van der Waals surface area contributed by atoms with Gasteiger partial charge in [0.15, 0.2) is 11.5 Å². The third-order valence-electron chi connectivity index (χ3n) is 3.55. The van der Waals surface area contributed by atoms with Crippen LogP contribution in [0.2, 0.25) is 5.02 Å². The van der Waals surface area contributed by atoms with E-state index in [1.54, 1.807) is 0 Å². The van der Waals surface area contributed by atoms with Gasteiger partial charge in [-0.25, -0.2) is 0 Å². The molecule has 2 N–H and O–H groups in total. The van der Waals surface area contributed by atoms with Gasteiger partial charge in [0, 0.05) is 26.2 Å². The number of hydrogen-bond donors (Lipinski definition) is 1. The molecular weight excluding hydrogens is 315 g/mol. The molecule has 118 valence electrons. The first-order chi connectivity index (χ1) is 9.76. The molecule has 21 heavy (non-hydrogen) atoms. The smallest absolute Gasteiger partial charge is 0.179 e. The maximum Gasteiger partial charge on any atom is 0.179 e. The van der Waals surface area contributed by atoms with Gasteiger partial charge < -0.3 is 19.9 Å². The van der Waals surface area contributed by atoms with E-state index in [0.29, 0.717) is 30.5 Å². The van der Waals surface area contributed by atoms with Crippen molar-refractivity contribution in [2.75, 3.05) is 39.5 Å². The van der Waals surface area contributed by atoms with Crippen LogP contribution in [0.1, 0.15) is 5.56 Å². The fraction of sp³-hybridized carbons (Fsp3) is 0.571. The highest BCUT2D eigenvalue weighted by atomic mass is 35.5. The minimum atomic E-state index is 0. The molecule has 0 radical (unpaired) electrons. The number of morpholine rings is 1. The van der Waals surface area contributed by atoms with Crippen molar-refractivity contribution in [3.05, 3.63) is 22.7 Å². The molecule has 0 aliphatic carbocycles. The van der Waals surface area contributed by atoms with Gasteiger partial charge in [0.2, 0.25) is 0 Å². The lowest BCUT2D eigenvalue weighted by Gasteiger charge is -2.32. The van der Waals surface area contributed by atoms with Crippen molar-refractivity contribution in [1.82, 2.24) is 4.90 Å². The van der Waals surface area contributed by atoms with Gasteiger partial charge in [-0.3, -0.25) is 4.90 Å². The van der Waals surface area contributed by atoms with Gasteiger partial charge in [-0.15, -0.1) is 12.4 Å². The van der Waals surface area contributed by atoms with Crippen LogP contribution in [0.5, 0.6) is 11.5 Å². The number of halogens is 2. The third-order valence-corrected chi connectivity index (χ3v) is 3.83. The zero-order valence-corrected chi connectivity index (χ0v) is 13.3. The number of nitrogens with two attached hydrogens (primary N) is 1. The number of ether oxygens (including phenoxy) is 3. The van der Waals surface area contributed by atoms with Crippen molar-refractivity contribution in [3.63, 3.8) is 0 Å². The summed E-state index contributed by atoms with van der Waals surface area (Å²) in [7, 11) is 0. The van der Waals surface area contributed by atoms with Gasteiger partial charge in [-0.2, -0.15) is 0 Å². The zero-order valence-electron chi connectivity index (χ0n) is 11.7. The molecule has 1 saturated heterocycles. The van der Waals surface area contributed by atoms with E-state index in [1.807, 2.05) is 12.1 Å². The van der Waals surface area contributed by atoms with Crippen LogP contribution in [0.15, 0.2) is 12.1 Å².